The summed E-state index contributed by atoms with van der Waals surface area (Å²) in [4.78, 5) is 20.4. The molecule has 1 aromatic heterocycles. The van der Waals surface area contributed by atoms with Gasteiger partial charge >= 0.3 is 0 Å². The summed E-state index contributed by atoms with van der Waals surface area (Å²) in [7, 11) is 0. The molecule has 0 radical (unpaired) electrons. The Morgan fingerprint density at radius 2 is 1.85 bits per heavy atom. The van der Waals surface area contributed by atoms with Crippen molar-refractivity contribution >= 4 is 47.4 Å². The summed E-state index contributed by atoms with van der Waals surface area (Å²) in [6, 6.07) is 11.1. The lowest BCUT2D eigenvalue weighted by atomic mass is 10.2. The molecular weight excluding hydrogens is 465 g/mol. The molecule has 0 fully saturated rings. The van der Waals surface area contributed by atoms with Gasteiger partial charge in [-0.1, -0.05) is 23.7 Å². The van der Waals surface area contributed by atoms with Crippen LogP contribution in [-0.4, -0.2) is 36.5 Å². The number of pyridine rings is 1. The van der Waals surface area contributed by atoms with Gasteiger partial charge in [-0.05, 0) is 36.8 Å². The summed E-state index contributed by atoms with van der Waals surface area (Å²) in [5.74, 6) is 0.561. The normalized spacial score (nSPS) is 10.6. The molecule has 0 spiro atoms. The van der Waals surface area contributed by atoms with Crippen molar-refractivity contribution in [1.82, 2.24) is 20.9 Å². The summed E-state index contributed by atoms with van der Waals surface area (Å²) in [6.45, 7) is 4.37. The fraction of sp³-hybridized carbons (Fsp3) is 0.278. The highest BCUT2D eigenvalue weighted by Gasteiger charge is 2.04. The molecule has 1 amide bonds. The average Bonchev–Trinajstić information content (AvgIpc) is 2.65. The molecule has 1 heterocycles. The predicted molar refractivity (Wildman–Crippen MR) is 116 cm³/mol. The van der Waals surface area contributed by atoms with E-state index >= 15 is 0 Å². The number of aromatic nitrogens is 1. The summed E-state index contributed by atoms with van der Waals surface area (Å²) < 4.78 is 0. The fourth-order valence-electron chi connectivity index (χ4n) is 2.06. The van der Waals surface area contributed by atoms with E-state index in [1.807, 2.05) is 31.2 Å². The van der Waals surface area contributed by atoms with Crippen LogP contribution in [0.3, 0.4) is 0 Å². The third-order valence-electron chi connectivity index (χ3n) is 3.30. The van der Waals surface area contributed by atoms with Gasteiger partial charge in [0.05, 0.1) is 12.1 Å². The molecule has 0 saturated heterocycles. The van der Waals surface area contributed by atoms with Crippen molar-refractivity contribution in [2.24, 2.45) is 4.99 Å². The average molecular weight is 488 g/mol. The van der Waals surface area contributed by atoms with Crippen LogP contribution in [0.5, 0.6) is 0 Å². The SMILES string of the molecule is CCNC(=NCc1ccc(Cl)cc1)NCCNC(=O)c1cccnc1.I. The zero-order chi connectivity index (χ0) is 17.9. The topological polar surface area (TPSA) is 78.4 Å². The molecule has 8 heteroatoms. The first-order valence-corrected chi connectivity index (χ1v) is 8.51. The van der Waals surface area contributed by atoms with Crippen LogP contribution in [0, 0.1) is 0 Å². The quantitative estimate of drug-likeness (QED) is 0.243. The lowest BCUT2D eigenvalue weighted by molar-refractivity contribution is 0.0954. The van der Waals surface area contributed by atoms with Gasteiger partial charge in [0.2, 0.25) is 0 Å². The van der Waals surface area contributed by atoms with E-state index in [1.165, 1.54) is 0 Å². The van der Waals surface area contributed by atoms with E-state index in [-0.39, 0.29) is 29.9 Å². The van der Waals surface area contributed by atoms with Gasteiger partial charge in [-0.15, -0.1) is 24.0 Å². The monoisotopic (exact) mass is 487 g/mol. The molecule has 1 aromatic carbocycles. The first-order chi connectivity index (χ1) is 12.2. The van der Waals surface area contributed by atoms with Crippen LogP contribution in [0.15, 0.2) is 53.8 Å². The van der Waals surface area contributed by atoms with E-state index in [0.29, 0.717) is 36.2 Å². The second kappa shape index (κ2) is 12.5. The van der Waals surface area contributed by atoms with E-state index in [0.717, 1.165) is 12.1 Å². The van der Waals surface area contributed by atoms with Gasteiger partial charge in [-0.3, -0.25) is 9.78 Å². The second-order valence-electron chi connectivity index (χ2n) is 5.25. The van der Waals surface area contributed by atoms with Gasteiger partial charge in [0.1, 0.15) is 0 Å². The van der Waals surface area contributed by atoms with Gasteiger partial charge in [0, 0.05) is 37.1 Å². The molecule has 140 valence electrons. The van der Waals surface area contributed by atoms with E-state index < -0.39 is 0 Å². The number of nitrogens with one attached hydrogen (secondary N) is 3. The van der Waals surface area contributed by atoms with Crippen LogP contribution >= 0.6 is 35.6 Å². The molecule has 0 unspecified atom stereocenters. The maximum atomic E-state index is 11.9. The Morgan fingerprint density at radius 3 is 2.50 bits per heavy atom. The van der Waals surface area contributed by atoms with Crippen molar-refractivity contribution < 1.29 is 4.79 Å². The summed E-state index contributed by atoms with van der Waals surface area (Å²) >= 11 is 5.88. The standard InChI is InChI=1S/C18H22ClN5O.HI/c1-2-21-18(24-12-14-5-7-16(19)8-6-14)23-11-10-22-17(25)15-4-3-9-20-13-15;/h3-9,13H,2,10-12H2,1H3,(H,22,25)(H2,21,23,24);1H. The third-order valence-corrected chi connectivity index (χ3v) is 3.56. The zero-order valence-corrected chi connectivity index (χ0v) is 17.6. The van der Waals surface area contributed by atoms with E-state index in [4.69, 9.17) is 11.6 Å². The van der Waals surface area contributed by atoms with Crippen molar-refractivity contribution in [2.45, 2.75) is 13.5 Å². The molecule has 3 N–H and O–H groups in total. The molecular formula is C18H23ClIN5O. The van der Waals surface area contributed by atoms with Gasteiger partial charge in [0.15, 0.2) is 5.96 Å². The molecule has 0 aliphatic rings. The Bertz CT molecular complexity index is 694. The van der Waals surface area contributed by atoms with Crippen molar-refractivity contribution in [3.05, 3.63) is 64.9 Å². The van der Waals surface area contributed by atoms with Crippen molar-refractivity contribution in [3.8, 4) is 0 Å². The van der Waals surface area contributed by atoms with Crippen LogP contribution < -0.4 is 16.0 Å². The Labute approximate surface area is 175 Å². The largest absolute Gasteiger partial charge is 0.357 e. The smallest absolute Gasteiger partial charge is 0.252 e. The molecule has 0 aliphatic heterocycles. The number of rotatable bonds is 7. The molecule has 0 aliphatic carbocycles. The molecule has 0 bridgehead atoms. The number of carbonyl (C=O) groups excluding carboxylic acids is 1. The molecule has 2 aromatic rings. The minimum absolute atomic E-state index is 0. The first-order valence-electron chi connectivity index (χ1n) is 8.14. The van der Waals surface area contributed by atoms with E-state index in [1.54, 1.807) is 24.5 Å². The van der Waals surface area contributed by atoms with Crippen molar-refractivity contribution in [3.63, 3.8) is 0 Å². The number of halogens is 2. The van der Waals surface area contributed by atoms with Crippen LogP contribution in [0.25, 0.3) is 0 Å². The minimum atomic E-state index is -0.141. The van der Waals surface area contributed by atoms with Gasteiger partial charge in [0.25, 0.3) is 5.91 Å². The highest BCUT2D eigenvalue weighted by Crippen LogP contribution is 2.10. The Hall–Kier alpha value is -1.87. The van der Waals surface area contributed by atoms with Gasteiger partial charge < -0.3 is 16.0 Å². The number of guanidine groups is 1. The Balaban J connectivity index is 0.00000338. The Kier molecular flexibility index (Phi) is 10.6. The number of carbonyl (C=O) groups is 1. The predicted octanol–water partition coefficient (Wildman–Crippen LogP) is 2.84. The molecule has 26 heavy (non-hydrogen) atoms. The van der Waals surface area contributed by atoms with Crippen LogP contribution in [0.1, 0.15) is 22.8 Å². The number of hydrogen-bond acceptors (Lipinski definition) is 3. The molecule has 0 saturated carbocycles. The molecule has 0 atom stereocenters. The van der Waals surface area contributed by atoms with Crippen LogP contribution in [-0.2, 0) is 6.54 Å². The van der Waals surface area contributed by atoms with Crippen molar-refractivity contribution in [2.75, 3.05) is 19.6 Å². The van der Waals surface area contributed by atoms with Gasteiger partial charge in [-0.2, -0.15) is 0 Å². The van der Waals surface area contributed by atoms with Crippen LogP contribution in [0.4, 0.5) is 0 Å². The fourth-order valence-corrected chi connectivity index (χ4v) is 2.18. The minimum Gasteiger partial charge on any atom is -0.357 e. The van der Waals surface area contributed by atoms with Crippen LogP contribution in [0.2, 0.25) is 5.02 Å². The number of nitrogens with zero attached hydrogens (tertiary/aromatic N) is 2. The van der Waals surface area contributed by atoms with E-state index in [2.05, 4.69) is 25.9 Å². The van der Waals surface area contributed by atoms with Gasteiger partial charge in [-0.25, -0.2) is 4.99 Å². The molecule has 2 rings (SSSR count). The van der Waals surface area contributed by atoms with Crippen molar-refractivity contribution in [1.29, 1.82) is 0 Å². The lowest BCUT2D eigenvalue weighted by Crippen LogP contribution is -2.41. The third kappa shape index (κ3) is 8.01. The first kappa shape index (κ1) is 22.2. The highest BCUT2D eigenvalue weighted by molar-refractivity contribution is 14.0. The number of benzene rings is 1. The Morgan fingerprint density at radius 1 is 1.12 bits per heavy atom. The zero-order valence-electron chi connectivity index (χ0n) is 14.5. The highest BCUT2D eigenvalue weighted by atomic mass is 127. The summed E-state index contributed by atoms with van der Waals surface area (Å²) in [6.07, 6.45) is 3.18. The number of aliphatic imine (C=N–C) groups is 1. The maximum absolute atomic E-state index is 11.9. The summed E-state index contributed by atoms with van der Waals surface area (Å²) in [5.41, 5.74) is 1.62. The lowest BCUT2D eigenvalue weighted by Gasteiger charge is -2.12. The maximum Gasteiger partial charge on any atom is 0.252 e. The number of hydrogen-bond donors (Lipinski definition) is 3. The molecule has 6 nitrogen and oxygen atoms in total. The number of amides is 1. The summed E-state index contributed by atoms with van der Waals surface area (Å²) in [5, 5.41) is 9.91. The second-order valence-corrected chi connectivity index (χ2v) is 5.68. The van der Waals surface area contributed by atoms with E-state index in [9.17, 15) is 4.79 Å².